The van der Waals surface area contributed by atoms with Crippen molar-refractivity contribution >= 4 is 22.6 Å². The van der Waals surface area contributed by atoms with Crippen molar-refractivity contribution in [1.29, 1.82) is 0 Å². The lowest BCUT2D eigenvalue weighted by Crippen LogP contribution is -2.40. The molecule has 0 aliphatic carbocycles. The fourth-order valence-corrected chi connectivity index (χ4v) is 4.28. The van der Waals surface area contributed by atoms with Crippen LogP contribution in [0.1, 0.15) is 28.4 Å². The van der Waals surface area contributed by atoms with E-state index in [-0.39, 0.29) is 29.9 Å². The van der Waals surface area contributed by atoms with Gasteiger partial charge in [0.1, 0.15) is 17.0 Å². The summed E-state index contributed by atoms with van der Waals surface area (Å²) in [6, 6.07) is 18.9. The van der Waals surface area contributed by atoms with Crippen LogP contribution in [0.25, 0.3) is 11.0 Å². The van der Waals surface area contributed by atoms with Gasteiger partial charge >= 0.3 is 0 Å². The third-order valence-electron chi connectivity index (χ3n) is 5.76. The van der Waals surface area contributed by atoms with Crippen LogP contribution in [0.3, 0.4) is 0 Å². The number of amides is 1. The summed E-state index contributed by atoms with van der Waals surface area (Å²) in [5.74, 6) is -0.661. The van der Waals surface area contributed by atoms with E-state index in [9.17, 15) is 14.0 Å². The molecule has 0 N–H and O–H groups in total. The molecule has 5 rings (SSSR count). The first-order valence-corrected chi connectivity index (χ1v) is 10.2. The van der Waals surface area contributed by atoms with Gasteiger partial charge in [0.05, 0.1) is 6.54 Å². The van der Waals surface area contributed by atoms with Gasteiger partial charge < -0.3 is 4.90 Å². The number of aromatic nitrogens is 2. The molecule has 4 aromatic rings. The highest BCUT2D eigenvalue weighted by molar-refractivity contribution is 6.08. The molecule has 1 unspecified atom stereocenters. The number of fused-ring (bicyclic) bond motifs is 2. The minimum atomic E-state index is -0.405. The minimum Gasteiger partial charge on any atom is -0.305 e. The number of para-hydroxylation sites is 1. The van der Waals surface area contributed by atoms with E-state index in [4.69, 9.17) is 0 Å². The summed E-state index contributed by atoms with van der Waals surface area (Å²) in [5, 5.41) is 0.702. The summed E-state index contributed by atoms with van der Waals surface area (Å²) in [5.41, 5.74) is 2.87. The van der Waals surface area contributed by atoms with Gasteiger partial charge in [0, 0.05) is 23.3 Å². The van der Waals surface area contributed by atoms with E-state index < -0.39 is 5.56 Å². The molecule has 2 aromatic carbocycles. The molecule has 0 saturated heterocycles. The van der Waals surface area contributed by atoms with Crippen LogP contribution < -0.4 is 10.5 Å². The fourth-order valence-electron chi connectivity index (χ4n) is 4.28. The van der Waals surface area contributed by atoms with Crippen molar-refractivity contribution in [2.75, 3.05) is 4.90 Å². The Kier molecular flexibility index (Phi) is 4.62. The zero-order valence-electron chi connectivity index (χ0n) is 17.0. The van der Waals surface area contributed by atoms with Crippen LogP contribution in [0.15, 0.2) is 77.7 Å². The van der Waals surface area contributed by atoms with E-state index in [1.807, 2.05) is 37.3 Å². The van der Waals surface area contributed by atoms with Gasteiger partial charge in [-0.2, -0.15) is 0 Å². The quantitative estimate of drug-likeness (QED) is 0.506. The second-order valence-electron chi connectivity index (χ2n) is 7.85. The van der Waals surface area contributed by atoms with Crippen molar-refractivity contribution in [3.8, 4) is 0 Å². The van der Waals surface area contributed by atoms with Gasteiger partial charge in [-0.15, -0.1) is 0 Å². The number of nitrogens with zero attached hydrogens (tertiary/aromatic N) is 3. The van der Waals surface area contributed by atoms with Gasteiger partial charge in [-0.1, -0.05) is 30.3 Å². The van der Waals surface area contributed by atoms with Gasteiger partial charge in [-0.3, -0.25) is 14.2 Å². The molecule has 1 amide bonds. The van der Waals surface area contributed by atoms with Crippen molar-refractivity contribution in [3.05, 3.63) is 106 Å². The van der Waals surface area contributed by atoms with E-state index in [0.29, 0.717) is 11.0 Å². The summed E-state index contributed by atoms with van der Waals surface area (Å²) in [7, 11) is 0. The van der Waals surface area contributed by atoms with Crippen LogP contribution >= 0.6 is 0 Å². The largest absolute Gasteiger partial charge is 0.305 e. The third kappa shape index (κ3) is 3.30. The van der Waals surface area contributed by atoms with Crippen molar-refractivity contribution in [1.82, 2.24) is 9.55 Å². The summed E-state index contributed by atoms with van der Waals surface area (Å²) in [4.78, 5) is 33.1. The fraction of sp³-hybridized carbons (Fsp3) is 0.160. The van der Waals surface area contributed by atoms with E-state index in [1.54, 1.807) is 35.4 Å². The number of halogens is 1. The Balaban J connectivity index is 1.64. The van der Waals surface area contributed by atoms with Crippen molar-refractivity contribution in [2.24, 2.45) is 0 Å². The highest BCUT2D eigenvalue weighted by Gasteiger charge is 2.33. The number of pyridine rings is 2. The molecule has 0 spiro atoms. The lowest BCUT2D eigenvalue weighted by molar-refractivity contribution is 0.0979. The van der Waals surface area contributed by atoms with Gasteiger partial charge in [0.15, 0.2) is 0 Å². The zero-order chi connectivity index (χ0) is 21.5. The first-order chi connectivity index (χ1) is 15.0. The highest BCUT2D eigenvalue weighted by Crippen LogP contribution is 2.33. The molecule has 3 heterocycles. The van der Waals surface area contributed by atoms with E-state index in [0.717, 1.165) is 23.2 Å². The molecule has 0 radical (unpaired) electrons. The normalized spacial score (nSPS) is 15.3. The molecule has 0 saturated carbocycles. The molecule has 154 valence electrons. The number of hydrogen-bond acceptors (Lipinski definition) is 3. The third-order valence-corrected chi connectivity index (χ3v) is 5.76. The number of anilines is 1. The Morgan fingerprint density at radius 1 is 1.10 bits per heavy atom. The second kappa shape index (κ2) is 7.47. The molecule has 5 nitrogen and oxygen atoms in total. The molecule has 1 atom stereocenters. The van der Waals surface area contributed by atoms with Crippen LogP contribution in [0.2, 0.25) is 0 Å². The Labute approximate surface area is 178 Å². The average molecular weight is 413 g/mol. The standard InChI is InChI=1S/C25H20FN3O2/c1-16-13-18-5-2-3-7-22(18)29(16)25(31)21-14-19-6-4-12-27-23(19)28(24(21)30)15-17-8-10-20(26)11-9-17/h2-12,14,16H,13,15H2,1H3. The summed E-state index contributed by atoms with van der Waals surface area (Å²) >= 11 is 0. The molecule has 31 heavy (non-hydrogen) atoms. The van der Waals surface area contributed by atoms with E-state index >= 15 is 0 Å². The van der Waals surface area contributed by atoms with Crippen LogP contribution in [-0.2, 0) is 13.0 Å². The van der Waals surface area contributed by atoms with Gasteiger partial charge in [0.25, 0.3) is 11.5 Å². The van der Waals surface area contributed by atoms with Gasteiger partial charge in [-0.25, -0.2) is 9.37 Å². The van der Waals surface area contributed by atoms with Crippen LogP contribution in [0, 0.1) is 5.82 Å². The van der Waals surface area contributed by atoms with Crippen LogP contribution in [-0.4, -0.2) is 21.5 Å². The molecule has 1 aliphatic heterocycles. The van der Waals surface area contributed by atoms with Gasteiger partial charge in [0.2, 0.25) is 0 Å². The first kappa shape index (κ1) is 19.2. The maximum atomic E-state index is 13.6. The Bertz CT molecular complexity index is 1360. The Morgan fingerprint density at radius 2 is 1.87 bits per heavy atom. The number of benzene rings is 2. The smallest absolute Gasteiger partial charge is 0.265 e. The molecule has 0 fully saturated rings. The number of hydrogen-bond donors (Lipinski definition) is 0. The second-order valence-corrected chi connectivity index (χ2v) is 7.85. The number of carbonyl (C=O) groups is 1. The van der Waals surface area contributed by atoms with E-state index in [1.165, 1.54) is 16.7 Å². The molecular weight excluding hydrogens is 393 g/mol. The predicted molar refractivity (Wildman–Crippen MR) is 118 cm³/mol. The van der Waals surface area contributed by atoms with Crippen molar-refractivity contribution < 1.29 is 9.18 Å². The lowest BCUT2D eigenvalue weighted by atomic mass is 10.1. The summed E-state index contributed by atoms with van der Waals surface area (Å²) in [6.07, 6.45) is 2.37. The molecular formula is C25H20FN3O2. The van der Waals surface area contributed by atoms with Crippen LogP contribution in [0.4, 0.5) is 10.1 Å². The van der Waals surface area contributed by atoms with Gasteiger partial charge in [-0.05, 0) is 60.9 Å². The zero-order valence-corrected chi connectivity index (χ0v) is 17.0. The monoisotopic (exact) mass is 413 g/mol. The first-order valence-electron chi connectivity index (χ1n) is 10.2. The molecule has 0 bridgehead atoms. The maximum absolute atomic E-state index is 13.6. The molecule has 6 heteroatoms. The summed E-state index contributed by atoms with van der Waals surface area (Å²) < 4.78 is 14.8. The number of carbonyl (C=O) groups excluding carboxylic acids is 1. The molecule has 2 aromatic heterocycles. The van der Waals surface area contributed by atoms with E-state index in [2.05, 4.69) is 4.98 Å². The Morgan fingerprint density at radius 3 is 2.68 bits per heavy atom. The predicted octanol–water partition coefficient (Wildman–Crippen LogP) is 4.18. The number of rotatable bonds is 3. The topological polar surface area (TPSA) is 55.2 Å². The SMILES string of the molecule is CC1Cc2ccccc2N1C(=O)c1cc2cccnc2n(Cc2ccc(F)cc2)c1=O. The van der Waals surface area contributed by atoms with Crippen molar-refractivity contribution in [2.45, 2.75) is 25.9 Å². The lowest BCUT2D eigenvalue weighted by Gasteiger charge is -2.23. The average Bonchev–Trinajstić information content (AvgIpc) is 3.12. The van der Waals surface area contributed by atoms with Crippen molar-refractivity contribution in [3.63, 3.8) is 0 Å². The summed E-state index contributed by atoms with van der Waals surface area (Å²) in [6.45, 7) is 2.18. The minimum absolute atomic E-state index is 0.0422. The maximum Gasteiger partial charge on any atom is 0.265 e. The highest BCUT2D eigenvalue weighted by atomic mass is 19.1. The Hall–Kier alpha value is -3.80. The molecule has 1 aliphatic rings. The van der Waals surface area contributed by atoms with Crippen LogP contribution in [0.5, 0.6) is 0 Å².